The van der Waals surface area contributed by atoms with Crippen LogP contribution in [0, 0.1) is 12.7 Å². The molecule has 2 aromatic rings. The van der Waals surface area contributed by atoms with Crippen molar-refractivity contribution in [1.82, 2.24) is 0 Å². The first kappa shape index (κ1) is 12.9. The van der Waals surface area contributed by atoms with E-state index in [1.165, 1.54) is 12.1 Å². The zero-order valence-corrected chi connectivity index (χ0v) is 10.3. The summed E-state index contributed by atoms with van der Waals surface area (Å²) in [4.78, 5) is 11.9. The van der Waals surface area contributed by atoms with Crippen LogP contribution >= 0.6 is 0 Å². The van der Waals surface area contributed by atoms with E-state index < -0.39 is 17.5 Å². The van der Waals surface area contributed by atoms with Gasteiger partial charge in [0.1, 0.15) is 17.1 Å². The molecule has 98 valence electrons. The van der Waals surface area contributed by atoms with Gasteiger partial charge in [0.25, 0.3) is 5.91 Å². The van der Waals surface area contributed by atoms with Crippen LogP contribution in [0.4, 0.5) is 15.8 Å². The molecule has 0 aromatic heterocycles. The van der Waals surface area contributed by atoms with Gasteiger partial charge in [0.15, 0.2) is 0 Å². The lowest BCUT2D eigenvalue weighted by Crippen LogP contribution is -2.14. The number of benzene rings is 2. The molecule has 19 heavy (non-hydrogen) atoms. The van der Waals surface area contributed by atoms with Gasteiger partial charge >= 0.3 is 0 Å². The summed E-state index contributed by atoms with van der Waals surface area (Å²) in [5, 5.41) is 12.0. The lowest BCUT2D eigenvalue weighted by molar-refractivity contribution is 0.102. The quantitative estimate of drug-likeness (QED) is 0.727. The molecule has 5 heteroatoms. The molecular weight excluding hydrogens is 247 g/mol. The number of carbonyl (C=O) groups excluding carboxylic acids is 1. The number of carbonyl (C=O) groups is 1. The van der Waals surface area contributed by atoms with Crippen molar-refractivity contribution in [2.45, 2.75) is 6.92 Å². The number of anilines is 2. The average molecular weight is 260 g/mol. The van der Waals surface area contributed by atoms with E-state index in [9.17, 15) is 14.3 Å². The molecule has 2 rings (SSSR count). The van der Waals surface area contributed by atoms with E-state index in [1.807, 2.05) is 6.92 Å². The van der Waals surface area contributed by atoms with Gasteiger partial charge in [-0.1, -0.05) is 12.1 Å². The number of amides is 1. The van der Waals surface area contributed by atoms with E-state index in [4.69, 9.17) is 5.73 Å². The SMILES string of the molecule is Cc1ccc(NC(=O)c2c(O)cccc2F)cc1N. The minimum absolute atomic E-state index is 0.387. The van der Waals surface area contributed by atoms with Crippen LogP contribution in [0.3, 0.4) is 0 Å². The second-order valence-corrected chi connectivity index (χ2v) is 4.16. The fourth-order valence-electron chi connectivity index (χ4n) is 1.65. The molecule has 0 aliphatic carbocycles. The summed E-state index contributed by atoms with van der Waals surface area (Å²) in [7, 11) is 0. The van der Waals surface area contributed by atoms with Crippen molar-refractivity contribution < 1.29 is 14.3 Å². The van der Waals surface area contributed by atoms with Crippen LogP contribution in [0.5, 0.6) is 5.75 Å². The maximum atomic E-state index is 13.5. The second kappa shape index (κ2) is 4.97. The molecule has 0 spiro atoms. The molecule has 0 saturated carbocycles. The first-order valence-electron chi connectivity index (χ1n) is 5.64. The predicted octanol–water partition coefficient (Wildman–Crippen LogP) is 2.67. The Labute approximate surface area is 109 Å². The number of nitrogen functional groups attached to an aromatic ring is 1. The Bertz CT molecular complexity index is 621. The summed E-state index contributed by atoms with van der Waals surface area (Å²) < 4.78 is 13.5. The van der Waals surface area contributed by atoms with Crippen molar-refractivity contribution in [3.63, 3.8) is 0 Å². The molecule has 0 radical (unpaired) electrons. The zero-order valence-electron chi connectivity index (χ0n) is 10.3. The predicted molar refractivity (Wildman–Crippen MR) is 71.6 cm³/mol. The molecule has 2 aromatic carbocycles. The van der Waals surface area contributed by atoms with Crippen molar-refractivity contribution in [2.24, 2.45) is 0 Å². The molecule has 0 unspecified atom stereocenters. The number of rotatable bonds is 2. The minimum Gasteiger partial charge on any atom is -0.507 e. The monoisotopic (exact) mass is 260 g/mol. The third-order valence-corrected chi connectivity index (χ3v) is 2.76. The summed E-state index contributed by atoms with van der Waals surface area (Å²) in [6.07, 6.45) is 0. The number of nitrogens with two attached hydrogens (primary N) is 1. The Morgan fingerprint density at radius 2 is 2.05 bits per heavy atom. The van der Waals surface area contributed by atoms with Crippen LogP contribution in [-0.4, -0.2) is 11.0 Å². The van der Waals surface area contributed by atoms with E-state index in [0.717, 1.165) is 11.6 Å². The molecule has 0 saturated heterocycles. The minimum atomic E-state index is -0.780. The Kier molecular flexibility index (Phi) is 3.37. The summed E-state index contributed by atoms with van der Waals surface area (Å²) >= 11 is 0. The Morgan fingerprint density at radius 3 is 2.68 bits per heavy atom. The van der Waals surface area contributed by atoms with Gasteiger partial charge in [0.05, 0.1) is 0 Å². The van der Waals surface area contributed by atoms with E-state index in [-0.39, 0.29) is 5.56 Å². The van der Waals surface area contributed by atoms with Crippen LogP contribution in [0.15, 0.2) is 36.4 Å². The zero-order chi connectivity index (χ0) is 14.0. The van der Waals surface area contributed by atoms with Crippen molar-refractivity contribution in [3.05, 3.63) is 53.3 Å². The topological polar surface area (TPSA) is 75.3 Å². The van der Waals surface area contributed by atoms with Crippen molar-refractivity contribution in [3.8, 4) is 5.75 Å². The standard InChI is InChI=1S/C14H13FN2O2/c1-8-5-6-9(7-11(8)16)17-14(19)13-10(15)3-2-4-12(13)18/h2-7,18H,16H2,1H3,(H,17,19). The fourth-order valence-corrected chi connectivity index (χ4v) is 1.65. The summed E-state index contributed by atoms with van der Waals surface area (Å²) in [5.74, 6) is -1.91. The van der Waals surface area contributed by atoms with E-state index in [2.05, 4.69) is 5.32 Å². The van der Waals surface area contributed by atoms with Crippen molar-refractivity contribution in [1.29, 1.82) is 0 Å². The van der Waals surface area contributed by atoms with Gasteiger partial charge in [0, 0.05) is 11.4 Å². The first-order chi connectivity index (χ1) is 8.99. The Morgan fingerprint density at radius 1 is 1.32 bits per heavy atom. The van der Waals surface area contributed by atoms with E-state index in [0.29, 0.717) is 11.4 Å². The van der Waals surface area contributed by atoms with Gasteiger partial charge in [-0.25, -0.2) is 4.39 Å². The molecule has 4 N–H and O–H groups in total. The lowest BCUT2D eigenvalue weighted by Gasteiger charge is -2.09. The molecule has 0 aliphatic rings. The number of hydrogen-bond acceptors (Lipinski definition) is 3. The summed E-state index contributed by atoms with van der Waals surface area (Å²) in [6.45, 7) is 1.84. The van der Waals surface area contributed by atoms with Crippen LogP contribution in [0.2, 0.25) is 0 Å². The lowest BCUT2D eigenvalue weighted by atomic mass is 10.1. The third kappa shape index (κ3) is 2.65. The normalized spacial score (nSPS) is 10.2. The van der Waals surface area contributed by atoms with Gasteiger partial charge < -0.3 is 16.2 Å². The number of phenols is 1. The number of phenolic OH excluding ortho intramolecular Hbond substituents is 1. The smallest absolute Gasteiger partial charge is 0.262 e. The number of aryl methyl sites for hydroxylation is 1. The molecule has 0 atom stereocenters. The molecule has 1 amide bonds. The summed E-state index contributed by atoms with van der Waals surface area (Å²) in [6, 6.07) is 8.66. The molecule has 0 heterocycles. The van der Waals surface area contributed by atoms with Gasteiger partial charge in [-0.15, -0.1) is 0 Å². The van der Waals surface area contributed by atoms with Gasteiger partial charge in [-0.2, -0.15) is 0 Å². The molecular formula is C14H13FN2O2. The maximum Gasteiger partial charge on any atom is 0.262 e. The molecule has 4 nitrogen and oxygen atoms in total. The molecule has 0 fully saturated rings. The molecule has 0 aliphatic heterocycles. The third-order valence-electron chi connectivity index (χ3n) is 2.76. The van der Waals surface area contributed by atoms with Gasteiger partial charge in [-0.3, -0.25) is 4.79 Å². The summed E-state index contributed by atoms with van der Waals surface area (Å²) in [5.41, 5.74) is 7.18. The van der Waals surface area contributed by atoms with Crippen LogP contribution in [0.1, 0.15) is 15.9 Å². The van der Waals surface area contributed by atoms with Gasteiger partial charge in [-0.05, 0) is 36.8 Å². The van der Waals surface area contributed by atoms with E-state index >= 15 is 0 Å². The second-order valence-electron chi connectivity index (χ2n) is 4.16. The number of aromatic hydroxyl groups is 1. The molecule has 0 bridgehead atoms. The van der Waals surface area contributed by atoms with E-state index in [1.54, 1.807) is 18.2 Å². The van der Waals surface area contributed by atoms with Crippen LogP contribution in [-0.2, 0) is 0 Å². The average Bonchev–Trinajstić information content (AvgIpc) is 2.33. The fraction of sp³-hybridized carbons (Fsp3) is 0.0714. The highest BCUT2D eigenvalue weighted by Crippen LogP contribution is 2.22. The number of halogens is 1. The highest BCUT2D eigenvalue weighted by Gasteiger charge is 2.16. The van der Waals surface area contributed by atoms with Crippen molar-refractivity contribution >= 4 is 17.3 Å². The Hall–Kier alpha value is -2.56. The van der Waals surface area contributed by atoms with Gasteiger partial charge in [0.2, 0.25) is 0 Å². The number of hydrogen-bond donors (Lipinski definition) is 3. The van der Waals surface area contributed by atoms with Crippen molar-refractivity contribution in [2.75, 3.05) is 11.1 Å². The Balaban J connectivity index is 2.28. The van der Waals surface area contributed by atoms with Crippen LogP contribution in [0.25, 0.3) is 0 Å². The van der Waals surface area contributed by atoms with Crippen LogP contribution < -0.4 is 11.1 Å². The highest BCUT2D eigenvalue weighted by atomic mass is 19.1. The highest BCUT2D eigenvalue weighted by molar-refractivity contribution is 6.06. The maximum absolute atomic E-state index is 13.5. The number of nitrogens with one attached hydrogen (secondary N) is 1. The largest absolute Gasteiger partial charge is 0.507 e. The first-order valence-corrected chi connectivity index (χ1v) is 5.64.